The van der Waals surface area contributed by atoms with Gasteiger partial charge in [-0.15, -0.1) is 12.4 Å². The maximum absolute atomic E-state index is 12.8. The molecule has 3 rings (SSSR count). The molecule has 2 fully saturated rings. The molecule has 0 bridgehead atoms. The number of hydrogen-bond donors (Lipinski definition) is 2. The number of rotatable bonds is 3. The molecule has 1 aromatic rings. The molecule has 1 unspecified atom stereocenters. The summed E-state index contributed by atoms with van der Waals surface area (Å²) in [6.45, 7) is 2.84. The monoisotopic (exact) mass is 413 g/mol. The molecule has 1 heterocycles. The lowest BCUT2D eigenvalue weighted by Crippen LogP contribution is -2.52. The van der Waals surface area contributed by atoms with E-state index in [2.05, 4.69) is 12.2 Å². The summed E-state index contributed by atoms with van der Waals surface area (Å²) >= 11 is 6.37. The first-order valence-electron chi connectivity index (χ1n) is 9.61. The summed E-state index contributed by atoms with van der Waals surface area (Å²) in [5.74, 6) is -0.209. The van der Waals surface area contributed by atoms with Crippen LogP contribution in [-0.4, -0.2) is 34.8 Å². The molecule has 5 nitrogen and oxygen atoms in total. The molecule has 1 aliphatic carbocycles. The van der Waals surface area contributed by atoms with Gasteiger partial charge in [-0.2, -0.15) is 0 Å². The number of nitrogens with two attached hydrogens (primary N) is 1. The topological polar surface area (TPSA) is 75.4 Å². The third-order valence-corrected chi connectivity index (χ3v) is 6.03. The number of halogens is 2. The van der Waals surface area contributed by atoms with Crippen LogP contribution in [0.4, 0.5) is 5.69 Å². The van der Waals surface area contributed by atoms with Crippen molar-refractivity contribution in [3.8, 4) is 0 Å². The van der Waals surface area contributed by atoms with Crippen LogP contribution in [0.1, 0.15) is 68.6 Å². The van der Waals surface area contributed by atoms with Gasteiger partial charge in [-0.3, -0.25) is 9.59 Å². The Morgan fingerprint density at radius 2 is 1.89 bits per heavy atom. The van der Waals surface area contributed by atoms with Crippen LogP contribution >= 0.6 is 24.0 Å². The van der Waals surface area contributed by atoms with Gasteiger partial charge in [0.25, 0.3) is 5.91 Å². The SMILES string of the molecule is CC1CCCCN1C(=O)c1ccc(NC(=O)C2(N)CCCCC2)cc1Cl.Cl. The van der Waals surface area contributed by atoms with E-state index in [1.807, 2.05) is 4.90 Å². The van der Waals surface area contributed by atoms with E-state index in [4.69, 9.17) is 17.3 Å². The summed E-state index contributed by atoms with van der Waals surface area (Å²) in [7, 11) is 0. The molecule has 0 aromatic heterocycles. The summed E-state index contributed by atoms with van der Waals surface area (Å²) in [5, 5.41) is 3.24. The van der Waals surface area contributed by atoms with E-state index in [0.717, 1.165) is 45.1 Å². The van der Waals surface area contributed by atoms with Crippen molar-refractivity contribution in [1.82, 2.24) is 4.90 Å². The maximum Gasteiger partial charge on any atom is 0.255 e. The number of amides is 2. The molecule has 2 aliphatic rings. The molecule has 0 radical (unpaired) electrons. The molecule has 2 amide bonds. The number of carbonyl (C=O) groups excluding carboxylic acids is 2. The number of hydrogen-bond acceptors (Lipinski definition) is 3. The molecule has 1 saturated heterocycles. The van der Waals surface area contributed by atoms with Crippen LogP contribution in [0.25, 0.3) is 0 Å². The van der Waals surface area contributed by atoms with Crippen molar-refractivity contribution >= 4 is 41.5 Å². The number of anilines is 1. The van der Waals surface area contributed by atoms with Crippen molar-refractivity contribution in [2.24, 2.45) is 5.73 Å². The standard InChI is InChI=1S/C20H28ClN3O2.ClH/c1-14-7-3-6-12-24(14)18(25)16-9-8-15(13-17(16)21)23-19(26)20(22)10-4-2-5-11-20;/h8-9,13-14H,2-7,10-12,22H2,1H3,(H,23,26);1H. The van der Waals surface area contributed by atoms with Gasteiger partial charge in [0, 0.05) is 18.3 Å². The molecule has 7 heteroatoms. The number of piperidine rings is 1. The van der Waals surface area contributed by atoms with Crippen molar-refractivity contribution in [1.29, 1.82) is 0 Å². The molecule has 3 N–H and O–H groups in total. The van der Waals surface area contributed by atoms with Crippen molar-refractivity contribution in [3.05, 3.63) is 28.8 Å². The maximum atomic E-state index is 12.8. The Morgan fingerprint density at radius 3 is 2.52 bits per heavy atom. The van der Waals surface area contributed by atoms with Crippen LogP contribution in [0.2, 0.25) is 5.02 Å². The fraction of sp³-hybridized carbons (Fsp3) is 0.600. The van der Waals surface area contributed by atoms with Crippen molar-refractivity contribution in [2.75, 3.05) is 11.9 Å². The van der Waals surface area contributed by atoms with Crippen LogP contribution < -0.4 is 11.1 Å². The van der Waals surface area contributed by atoms with Crippen LogP contribution in [-0.2, 0) is 4.79 Å². The molecule has 150 valence electrons. The van der Waals surface area contributed by atoms with Crippen molar-refractivity contribution < 1.29 is 9.59 Å². The Bertz CT molecular complexity index is 690. The lowest BCUT2D eigenvalue weighted by Gasteiger charge is -2.33. The lowest BCUT2D eigenvalue weighted by atomic mass is 9.82. The highest BCUT2D eigenvalue weighted by Crippen LogP contribution is 2.29. The first-order valence-corrected chi connectivity index (χ1v) is 9.99. The van der Waals surface area contributed by atoms with Crippen LogP contribution in [0.3, 0.4) is 0 Å². The minimum atomic E-state index is -0.803. The van der Waals surface area contributed by atoms with Gasteiger partial charge < -0.3 is 16.0 Å². The van der Waals surface area contributed by atoms with Gasteiger partial charge in [0.15, 0.2) is 0 Å². The highest BCUT2D eigenvalue weighted by molar-refractivity contribution is 6.34. The van der Waals surface area contributed by atoms with Gasteiger partial charge >= 0.3 is 0 Å². The van der Waals surface area contributed by atoms with Gasteiger partial charge in [0.2, 0.25) is 5.91 Å². The quantitative estimate of drug-likeness (QED) is 0.771. The van der Waals surface area contributed by atoms with E-state index >= 15 is 0 Å². The molecule has 1 saturated carbocycles. The van der Waals surface area contributed by atoms with Crippen molar-refractivity contribution in [2.45, 2.75) is 69.9 Å². The number of likely N-dealkylation sites (tertiary alicyclic amines) is 1. The second-order valence-electron chi connectivity index (χ2n) is 7.71. The Hall–Kier alpha value is -1.30. The summed E-state index contributed by atoms with van der Waals surface area (Å²) < 4.78 is 0. The Morgan fingerprint density at radius 1 is 1.19 bits per heavy atom. The summed E-state index contributed by atoms with van der Waals surface area (Å²) in [4.78, 5) is 27.2. The van der Waals surface area contributed by atoms with Crippen molar-refractivity contribution in [3.63, 3.8) is 0 Å². The van der Waals surface area contributed by atoms with Gasteiger partial charge in [-0.1, -0.05) is 30.9 Å². The van der Waals surface area contributed by atoms with E-state index in [1.54, 1.807) is 18.2 Å². The van der Waals surface area contributed by atoms with Gasteiger partial charge in [0.1, 0.15) is 0 Å². The number of nitrogens with one attached hydrogen (secondary N) is 1. The third kappa shape index (κ3) is 4.95. The first kappa shape index (κ1) is 22.0. The Labute approximate surface area is 172 Å². The minimum absolute atomic E-state index is 0. The second-order valence-corrected chi connectivity index (χ2v) is 8.12. The fourth-order valence-electron chi connectivity index (χ4n) is 3.99. The predicted molar refractivity (Wildman–Crippen MR) is 112 cm³/mol. The summed E-state index contributed by atoms with van der Waals surface area (Å²) in [5.41, 5.74) is 6.54. The number of benzene rings is 1. The first-order chi connectivity index (χ1) is 12.4. The van der Waals surface area contributed by atoms with Crippen LogP contribution in [0.15, 0.2) is 18.2 Å². The van der Waals surface area contributed by atoms with Gasteiger partial charge in [0.05, 0.1) is 16.1 Å². The third-order valence-electron chi connectivity index (χ3n) is 5.72. The molecule has 27 heavy (non-hydrogen) atoms. The van der Waals surface area contributed by atoms with E-state index in [0.29, 0.717) is 29.1 Å². The van der Waals surface area contributed by atoms with E-state index in [9.17, 15) is 9.59 Å². The average molecular weight is 414 g/mol. The molecule has 1 aliphatic heterocycles. The predicted octanol–water partition coefficient (Wildman–Crippen LogP) is 4.38. The highest BCUT2D eigenvalue weighted by atomic mass is 35.5. The van der Waals surface area contributed by atoms with E-state index in [-0.39, 0.29) is 30.3 Å². The molecular formula is C20H29Cl2N3O2. The average Bonchev–Trinajstić information content (AvgIpc) is 2.62. The molecule has 1 aromatic carbocycles. The molecule has 0 spiro atoms. The molecular weight excluding hydrogens is 385 g/mol. The minimum Gasteiger partial charge on any atom is -0.336 e. The molecule has 1 atom stereocenters. The van der Waals surface area contributed by atoms with E-state index < -0.39 is 5.54 Å². The normalized spacial score (nSPS) is 21.9. The largest absolute Gasteiger partial charge is 0.336 e. The zero-order valence-electron chi connectivity index (χ0n) is 15.8. The van der Waals surface area contributed by atoms with Gasteiger partial charge in [-0.05, 0) is 57.2 Å². The Balaban J connectivity index is 0.00000261. The van der Waals surface area contributed by atoms with E-state index in [1.165, 1.54) is 0 Å². The van der Waals surface area contributed by atoms with Gasteiger partial charge in [-0.25, -0.2) is 0 Å². The van der Waals surface area contributed by atoms with Crippen LogP contribution in [0, 0.1) is 0 Å². The summed E-state index contributed by atoms with van der Waals surface area (Å²) in [6.07, 6.45) is 7.70. The smallest absolute Gasteiger partial charge is 0.255 e. The highest BCUT2D eigenvalue weighted by Gasteiger charge is 2.35. The fourth-order valence-corrected chi connectivity index (χ4v) is 4.25. The zero-order valence-corrected chi connectivity index (χ0v) is 17.4. The second kappa shape index (κ2) is 9.26. The number of nitrogens with zero attached hydrogens (tertiary/aromatic N) is 1. The Kier molecular flexibility index (Phi) is 7.55. The lowest BCUT2D eigenvalue weighted by molar-refractivity contribution is -0.122. The number of carbonyl (C=O) groups is 2. The van der Waals surface area contributed by atoms with Crippen LogP contribution in [0.5, 0.6) is 0 Å². The summed E-state index contributed by atoms with van der Waals surface area (Å²) in [6, 6.07) is 5.31. The zero-order chi connectivity index (χ0) is 18.7.